The molecular weight excluding hydrogens is 352 g/mol. The maximum absolute atomic E-state index is 12.9. The minimum absolute atomic E-state index is 0.141. The highest BCUT2D eigenvalue weighted by Gasteiger charge is 2.21. The van der Waals surface area contributed by atoms with Crippen molar-refractivity contribution >= 4 is 23.3 Å². The second-order valence-corrected chi connectivity index (χ2v) is 7.44. The number of rotatable bonds is 5. The van der Waals surface area contributed by atoms with Crippen molar-refractivity contribution in [3.63, 3.8) is 0 Å². The SMILES string of the molecule is CCOC(=O)c1ccc(NC(=O)c2ccc(C)cc2N2CCC(C)CC2)cc1. The van der Waals surface area contributed by atoms with Gasteiger partial charge >= 0.3 is 5.97 Å². The van der Waals surface area contributed by atoms with Crippen molar-refractivity contribution < 1.29 is 14.3 Å². The summed E-state index contributed by atoms with van der Waals surface area (Å²) in [5, 5.41) is 2.95. The van der Waals surface area contributed by atoms with E-state index in [1.807, 2.05) is 19.1 Å². The maximum atomic E-state index is 12.9. The summed E-state index contributed by atoms with van der Waals surface area (Å²) >= 11 is 0. The molecule has 0 saturated carbocycles. The van der Waals surface area contributed by atoms with Crippen molar-refractivity contribution in [1.82, 2.24) is 0 Å². The second-order valence-electron chi connectivity index (χ2n) is 7.44. The van der Waals surface area contributed by atoms with Gasteiger partial charge in [0.2, 0.25) is 0 Å². The van der Waals surface area contributed by atoms with E-state index in [9.17, 15) is 9.59 Å². The van der Waals surface area contributed by atoms with Gasteiger partial charge in [0.05, 0.1) is 17.7 Å². The van der Waals surface area contributed by atoms with E-state index < -0.39 is 0 Å². The summed E-state index contributed by atoms with van der Waals surface area (Å²) in [6.07, 6.45) is 2.29. The van der Waals surface area contributed by atoms with Crippen LogP contribution in [0.25, 0.3) is 0 Å². The number of carbonyl (C=O) groups excluding carboxylic acids is 2. The van der Waals surface area contributed by atoms with Crippen LogP contribution in [0.3, 0.4) is 0 Å². The Bertz CT molecular complexity index is 837. The summed E-state index contributed by atoms with van der Waals surface area (Å²) in [4.78, 5) is 27.0. The Labute approximate surface area is 166 Å². The number of ether oxygens (including phenoxy) is 1. The molecule has 0 atom stereocenters. The van der Waals surface area contributed by atoms with Crippen LogP contribution in [0.2, 0.25) is 0 Å². The number of carbonyl (C=O) groups is 2. The molecule has 148 valence electrons. The Morgan fingerprint density at radius 2 is 1.79 bits per heavy atom. The van der Waals surface area contributed by atoms with Crippen molar-refractivity contribution in [3.05, 3.63) is 59.2 Å². The van der Waals surface area contributed by atoms with E-state index in [4.69, 9.17) is 4.74 Å². The molecule has 5 heteroatoms. The van der Waals surface area contributed by atoms with E-state index in [-0.39, 0.29) is 11.9 Å². The number of piperidine rings is 1. The van der Waals surface area contributed by atoms with E-state index >= 15 is 0 Å². The molecule has 0 radical (unpaired) electrons. The molecule has 1 fully saturated rings. The summed E-state index contributed by atoms with van der Waals surface area (Å²) < 4.78 is 4.99. The largest absolute Gasteiger partial charge is 0.462 e. The number of hydrogen-bond donors (Lipinski definition) is 1. The van der Waals surface area contributed by atoms with Gasteiger partial charge in [-0.2, -0.15) is 0 Å². The van der Waals surface area contributed by atoms with Gasteiger partial charge in [0, 0.05) is 24.5 Å². The van der Waals surface area contributed by atoms with Crippen LogP contribution < -0.4 is 10.2 Å². The first-order valence-electron chi connectivity index (χ1n) is 9.92. The van der Waals surface area contributed by atoms with E-state index in [1.54, 1.807) is 31.2 Å². The first-order valence-corrected chi connectivity index (χ1v) is 9.92. The predicted molar refractivity (Wildman–Crippen MR) is 112 cm³/mol. The molecule has 3 rings (SSSR count). The van der Waals surface area contributed by atoms with Crippen LogP contribution in [0.5, 0.6) is 0 Å². The number of anilines is 2. The van der Waals surface area contributed by atoms with Crippen LogP contribution in [0.1, 0.15) is 53.0 Å². The number of nitrogens with one attached hydrogen (secondary N) is 1. The van der Waals surface area contributed by atoms with Gasteiger partial charge in [-0.25, -0.2) is 4.79 Å². The first-order chi connectivity index (χ1) is 13.5. The van der Waals surface area contributed by atoms with Gasteiger partial charge in [-0.3, -0.25) is 4.79 Å². The average Bonchev–Trinajstić information content (AvgIpc) is 2.69. The zero-order valence-corrected chi connectivity index (χ0v) is 16.8. The van der Waals surface area contributed by atoms with Crippen LogP contribution in [-0.2, 0) is 4.74 Å². The summed E-state index contributed by atoms with van der Waals surface area (Å²) in [6.45, 7) is 8.38. The van der Waals surface area contributed by atoms with Crippen LogP contribution in [0.15, 0.2) is 42.5 Å². The fourth-order valence-corrected chi connectivity index (χ4v) is 3.45. The maximum Gasteiger partial charge on any atom is 0.338 e. The molecule has 1 amide bonds. The van der Waals surface area contributed by atoms with E-state index in [1.165, 1.54) is 0 Å². The first kappa shape index (κ1) is 19.9. The van der Waals surface area contributed by atoms with Gasteiger partial charge < -0.3 is 15.0 Å². The molecule has 1 saturated heterocycles. The van der Waals surface area contributed by atoms with Crippen LogP contribution in [0, 0.1) is 12.8 Å². The lowest BCUT2D eigenvalue weighted by molar-refractivity contribution is 0.0526. The van der Waals surface area contributed by atoms with Crippen molar-refractivity contribution in [2.24, 2.45) is 5.92 Å². The molecule has 2 aromatic rings. The second kappa shape index (κ2) is 8.91. The Morgan fingerprint density at radius 1 is 1.11 bits per heavy atom. The number of hydrogen-bond acceptors (Lipinski definition) is 4. The molecule has 2 aromatic carbocycles. The van der Waals surface area contributed by atoms with E-state index in [0.29, 0.717) is 23.4 Å². The third-order valence-corrected chi connectivity index (χ3v) is 5.18. The summed E-state index contributed by atoms with van der Waals surface area (Å²) in [5.41, 5.74) is 3.93. The fourth-order valence-electron chi connectivity index (χ4n) is 3.45. The molecule has 0 aromatic heterocycles. The molecule has 1 heterocycles. The molecule has 28 heavy (non-hydrogen) atoms. The normalized spacial score (nSPS) is 14.6. The quantitative estimate of drug-likeness (QED) is 0.767. The van der Waals surface area contributed by atoms with Crippen LogP contribution in [-0.4, -0.2) is 31.6 Å². The van der Waals surface area contributed by atoms with Gasteiger partial charge in [-0.1, -0.05) is 13.0 Å². The van der Waals surface area contributed by atoms with Gasteiger partial charge in [-0.05, 0) is 74.6 Å². The molecule has 5 nitrogen and oxygen atoms in total. The number of benzene rings is 2. The Hall–Kier alpha value is -2.82. The lowest BCUT2D eigenvalue weighted by Gasteiger charge is -2.33. The van der Waals surface area contributed by atoms with Crippen molar-refractivity contribution in [1.29, 1.82) is 0 Å². The van der Waals surface area contributed by atoms with E-state index in [0.717, 1.165) is 43.1 Å². The zero-order valence-electron chi connectivity index (χ0n) is 16.8. The topological polar surface area (TPSA) is 58.6 Å². The highest BCUT2D eigenvalue weighted by molar-refractivity contribution is 6.08. The molecule has 0 spiro atoms. The van der Waals surface area contributed by atoms with E-state index in [2.05, 4.69) is 23.2 Å². The molecule has 0 bridgehead atoms. The minimum Gasteiger partial charge on any atom is -0.462 e. The Balaban J connectivity index is 1.76. The zero-order chi connectivity index (χ0) is 20.1. The van der Waals surface area contributed by atoms with Gasteiger partial charge in [-0.15, -0.1) is 0 Å². The summed E-state index contributed by atoms with van der Waals surface area (Å²) in [7, 11) is 0. The van der Waals surface area contributed by atoms with Crippen LogP contribution >= 0.6 is 0 Å². The van der Waals surface area contributed by atoms with Gasteiger partial charge in [0.1, 0.15) is 0 Å². The molecular formula is C23H28N2O3. The third kappa shape index (κ3) is 4.71. The standard InChI is InChI=1S/C23H28N2O3/c1-4-28-23(27)18-6-8-19(9-7-18)24-22(26)20-10-5-17(3)15-21(20)25-13-11-16(2)12-14-25/h5-10,15-16H,4,11-14H2,1-3H3,(H,24,26). The highest BCUT2D eigenvalue weighted by atomic mass is 16.5. The van der Waals surface area contributed by atoms with Crippen molar-refractivity contribution in [3.8, 4) is 0 Å². The predicted octanol–water partition coefficient (Wildman–Crippen LogP) is 4.66. The van der Waals surface area contributed by atoms with Crippen LogP contribution in [0.4, 0.5) is 11.4 Å². The molecule has 1 N–H and O–H groups in total. The summed E-state index contributed by atoms with van der Waals surface area (Å²) in [5.74, 6) is 0.231. The van der Waals surface area contributed by atoms with Crippen molar-refractivity contribution in [2.45, 2.75) is 33.6 Å². The highest BCUT2D eigenvalue weighted by Crippen LogP contribution is 2.28. The Kier molecular flexibility index (Phi) is 6.34. The fraction of sp³-hybridized carbons (Fsp3) is 0.391. The molecule has 0 aliphatic carbocycles. The smallest absolute Gasteiger partial charge is 0.338 e. The third-order valence-electron chi connectivity index (χ3n) is 5.18. The number of aryl methyl sites for hydroxylation is 1. The van der Waals surface area contributed by atoms with Crippen molar-refractivity contribution in [2.75, 3.05) is 29.9 Å². The molecule has 1 aliphatic rings. The lowest BCUT2D eigenvalue weighted by Crippen LogP contribution is -2.34. The number of nitrogens with zero attached hydrogens (tertiary/aromatic N) is 1. The van der Waals surface area contributed by atoms with Gasteiger partial charge in [0.15, 0.2) is 0 Å². The molecule has 1 aliphatic heterocycles. The summed E-state index contributed by atoms with van der Waals surface area (Å²) in [6, 6.07) is 12.7. The average molecular weight is 380 g/mol. The van der Waals surface area contributed by atoms with Gasteiger partial charge in [0.25, 0.3) is 5.91 Å². The monoisotopic (exact) mass is 380 g/mol. The number of amides is 1. The lowest BCUT2D eigenvalue weighted by atomic mass is 9.97. The number of esters is 1. The molecule has 0 unspecified atom stereocenters. The Morgan fingerprint density at radius 3 is 2.43 bits per heavy atom. The minimum atomic E-state index is -0.361.